The van der Waals surface area contributed by atoms with Gasteiger partial charge in [-0.25, -0.2) is 0 Å². The van der Waals surface area contributed by atoms with Gasteiger partial charge in [0.1, 0.15) is 0 Å². The smallest absolute Gasteiger partial charge is 0.0721 e. The van der Waals surface area contributed by atoms with E-state index in [9.17, 15) is 0 Å². The molecule has 0 fully saturated rings. The second-order valence-electron chi connectivity index (χ2n) is 10.7. The molecule has 0 aliphatic rings. The number of hydrogen-bond donors (Lipinski definition) is 2. The van der Waals surface area contributed by atoms with E-state index in [0.29, 0.717) is 10.7 Å². The lowest BCUT2D eigenvalue weighted by molar-refractivity contribution is 0.960. The Morgan fingerprint density at radius 2 is 0.875 bits per heavy atom. The average Bonchev–Trinajstić information content (AvgIpc) is 3.15. The Balaban J connectivity index is 0.000000218. The Morgan fingerprint density at radius 3 is 1.29 bits per heavy atom. The highest BCUT2D eigenvalue weighted by Crippen LogP contribution is 2.33. The first-order chi connectivity index (χ1) is 23.4. The Hall–Kier alpha value is -4.80. The molecule has 0 amide bonds. The van der Waals surface area contributed by atoms with Crippen molar-refractivity contribution in [1.82, 2.24) is 0 Å². The molecule has 3 nitrogen and oxygen atoms in total. The van der Waals surface area contributed by atoms with Crippen molar-refractivity contribution in [2.24, 2.45) is 11.5 Å². The number of para-hydroxylation sites is 1. The molecule has 0 aliphatic carbocycles. The number of nitrogens with two attached hydrogens (primary N) is 2. The zero-order valence-electron chi connectivity index (χ0n) is 27.9. The molecule has 6 aromatic rings. The number of anilines is 1. The second-order valence-corrected chi connectivity index (χ2v) is 11.5. The Bertz CT molecular complexity index is 1720. The molecule has 0 saturated heterocycles. The van der Waals surface area contributed by atoms with Gasteiger partial charge in [-0.2, -0.15) is 0 Å². The van der Waals surface area contributed by atoms with Crippen molar-refractivity contribution in [3.05, 3.63) is 208 Å². The molecular formula is C43H45Cl2N3. The van der Waals surface area contributed by atoms with Gasteiger partial charge in [0.15, 0.2) is 0 Å². The largest absolute Gasteiger partial charge is 0.397 e. The molecular weight excluding hydrogens is 629 g/mol. The fourth-order valence-electron chi connectivity index (χ4n) is 4.85. The number of halogens is 2. The summed E-state index contributed by atoms with van der Waals surface area (Å²) in [5, 5.41) is 1.53. The van der Waals surface area contributed by atoms with E-state index in [2.05, 4.69) is 78.5 Å². The van der Waals surface area contributed by atoms with E-state index in [1.165, 1.54) is 18.2 Å². The third-order valence-electron chi connectivity index (χ3n) is 7.40. The van der Waals surface area contributed by atoms with Crippen molar-refractivity contribution in [1.29, 1.82) is 0 Å². The molecule has 4 N–H and O–H groups in total. The molecule has 0 bridgehead atoms. The molecule has 0 atom stereocenters. The molecule has 6 rings (SSSR count). The minimum Gasteiger partial charge on any atom is -0.397 e. The number of aryl methyl sites for hydroxylation is 3. The van der Waals surface area contributed by atoms with Gasteiger partial charge in [0, 0.05) is 17.6 Å². The minimum atomic E-state index is 0.689. The minimum absolute atomic E-state index is 0.689. The van der Waals surface area contributed by atoms with Crippen LogP contribution in [0.15, 0.2) is 170 Å². The first-order valence-electron chi connectivity index (χ1n) is 15.9. The SMILES string of the molecule is CN.CN(/C(=C(\N)c1ccccc1)c1ccccc1)c1ccccc1Cl.Cc1ccccc1Cl.c1ccc(CCc2ccccc2)cc1. The monoisotopic (exact) mass is 673 g/mol. The van der Waals surface area contributed by atoms with Crippen LogP contribution < -0.4 is 16.4 Å². The highest BCUT2D eigenvalue weighted by atomic mass is 35.5. The van der Waals surface area contributed by atoms with Gasteiger partial charge < -0.3 is 16.4 Å². The van der Waals surface area contributed by atoms with E-state index in [4.69, 9.17) is 28.9 Å². The van der Waals surface area contributed by atoms with E-state index in [1.54, 1.807) is 0 Å². The molecule has 0 aromatic heterocycles. The van der Waals surface area contributed by atoms with E-state index >= 15 is 0 Å². The standard InChI is InChI=1S/C21H19ClN2.C14H14.C7H7Cl.CH5N/c1-24(19-15-9-8-14-18(19)22)21(17-12-6-3-7-13-17)20(23)16-10-4-2-5-11-16;1-3-7-13(8-4-1)11-12-14-9-5-2-6-10-14;1-6-4-2-3-5-7(6)8;1-2/h2-15H,23H2,1H3;1-10H,11-12H2;2-5H,1H3;2H2,1H3/b21-20-;;;. The molecule has 0 unspecified atom stereocenters. The van der Waals surface area contributed by atoms with Gasteiger partial charge in [0.2, 0.25) is 0 Å². The Morgan fingerprint density at radius 1 is 0.500 bits per heavy atom. The van der Waals surface area contributed by atoms with Crippen LogP contribution in [0.2, 0.25) is 10.0 Å². The third kappa shape index (κ3) is 12.1. The van der Waals surface area contributed by atoms with Gasteiger partial charge in [-0.3, -0.25) is 0 Å². The Labute approximate surface area is 297 Å². The third-order valence-corrected chi connectivity index (χ3v) is 8.14. The molecule has 6 aromatic carbocycles. The lowest BCUT2D eigenvalue weighted by Gasteiger charge is -2.26. The van der Waals surface area contributed by atoms with Gasteiger partial charge >= 0.3 is 0 Å². The molecule has 0 heterocycles. The molecule has 48 heavy (non-hydrogen) atoms. The van der Waals surface area contributed by atoms with Crippen LogP contribution >= 0.6 is 23.2 Å². The Kier molecular flexibility index (Phi) is 16.6. The van der Waals surface area contributed by atoms with Crippen molar-refractivity contribution in [3.8, 4) is 0 Å². The molecule has 0 radical (unpaired) electrons. The van der Waals surface area contributed by atoms with Crippen LogP contribution in [0.3, 0.4) is 0 Å². The quantitative estimate of drug-likeness (QED) is 0.166. The maximum absolute atomic E-state index is 6.55. The number of benzene rings is 6. The van der Waals surface area contributed by atoms with Crippen LogP contribution in [0.1, 0.15) is 27.8 Å². The molecule has 5 heteroatoms. The van der Waals surface area contributed by atoms with E-state index in [-0.39, 0.29) is 0 Å². The van der Waals surface area contributed by atoms with Crippen molar-refractivity contribution in [2.45, 2.75) is 19.8 Å². The van der Waals surface area contributed by atoms with Gasteiger partial charge in [-0.1, -0.05) is 175 Å². The number of hydrogen-bond acceptors (Lipinski definition) is 3. The molecule has 246 valence electrons. The van der Waals surface area contributed by atoms with Crippen LogP contribution in [0.4, 0.5) is 5.69 Å². The van der Waals surface area contributed by atoms with Crippen LogP contribution in [-0.4, -0.2) is 14.1 Å². The predicted octanol–water partition coefficient (Wildman–Crippen LogP) is 11.0. The number of rotatable bonds is 7. The summed E-state index contributed by atoms with van der Waals surface area (Å²) in [4.78, 5) is 2.04. The summed E-state index contributed by atoms with van der Waals surface area (Å²) in [5.41, 5.74) is 19.6. The first kappa shape index (κ1) is 37.7. The van der Waals surface area contributed by atoms with Crippen molar-refractivity contribution >= 4 is 40.3 Å². The van der Waals surface area contributed by atoms with Crippen LogP contribution in [0.25, 0.3) is 11.4 Å². The first-order valence-corrected chi connectivity index (χ1v) is 16.6. The maximum atomic E-state index is 6.55. The zero-order valence-corrected chi connectivity index (χ0v) is 29.4. The summed E-state index contributed by atoms with van der Waals surface area (Å²) in [5.74, 6) is 0. The molecule has 0 aliphatic heterocycles. The number of nitrogens with zero attached hydrogens (tertiary/aromatic N) is 1. The van der Waals surface area contributed by atoms with E-state index < -0.39 is 0 Å². The highest BCUT2D eigenvalue weighted by Gasteiger charge is 2.16. The van der Waals surface area contributed by atoms with Crippen molar-refractivity contribution in [2.75, 3.05) is 19.0 Å². The lowest BCUT2D eigenvalue weighted by Crippen LogP contribution is -2.20. The summed E-state index contributed by atoms with van der Waals surface area (Å²) in [6.07, 6.45) is 2.26. The van der Waals surface area contributed by atoms with Gasteiger partial charge in [0.25, 0.3) is 0 Å². The van der Waals surface area contributed by atoms with Gasteiger partial charge in [-0.15, -0.1) is 0 Å². The normalized spacial score (nSPS) is 10.5. The summed E-state index contributed by atoms with van der Waals surface area (Å²) in [6, 6.07) is 56.9. The molecule has 0 saturated carbocycles. The van der Waals surface area contributed by atoms with E-state index in [0.717, 1.165) is 45.9 Å². The lowest BCUT2D eigenvalue weighted by atomic mass is 10.0. The van der Waals surface area contributed by atoms with Crippen LogP contribution in [-0.2, 0) is 12.8 Å². The second kappa shape index (κ2) is 21.1. The van der Waals surface area contributed by atoms with Crippen LogP contribution in [0, 0.1) is 6.92 Å². The summed E-state index contributed by atoms with van der Waals surface area (Å²) in [7, 11) is 3.49. The van der Waals surface area contributed by atoms with E-state index in [1.807, 2.05) is 116 Å². The fourth-order valence-corrected chi connectivity index (χ4v) is 5.25. The zero-order chi connectivity index (χ0) is 34.6. The molecule has 0 spiro atoms. The summed E-state index contributed by atoms with van der Waals surface area (Å²) in [6.45, 7) is 1.99. The predicted molar refractivity (Wildman–Crippen MR) is 210 cm³/mol. The summed E-state index contributed by atoms with van der Waals surface area (Å²) >= 11 is 12.1. The topological polar surface area (TPSA) is 55.3 Å². The van der Waals surface area contributed by atoms with Crippen molar-refractivity contribution < 1.29 is 0 Å². The van der Waals surface area contributed by atoms with Crippen molar-refractivity contribution in [3.63, 3.8) is 0 Å². The maximum Gasteiger partial charge on any atom is 0.0721 e. The summed E-state index contributed by atoms with van der Waals surface area (Å²) < 4.78 is 0. The fraction of sp³-hybridized carbons (Fsp3) is 0.116. The average molecular weight is 675 g/mol. The van der Waals surface area contributed by atoms with Gasteiger partial charge in [-0.05, 0) is 67.3 Å². The van der Waals surface area contributed by atoms with Gasteiger partial charge in [0.05, 0.1) is 22.1 Å². The highest BCUT2D eigenvalue weighted by molar-refractivity contribution is 6.33. The van der Waals surface area contributed by atoms with Crippen LogP contribution in [0.5, 0.6) is 0 Å².